The lowest BCUT2D eigenvalue weighted by Crippen LogP contribution is -2.36. The first-order valence-electron chi connectivity index (χ1n) is 8.83. The lowest BCUT2D eigenvalue weighted by molar-refractivity contribution is 0.426. The molecule has 0 heterocycles. The van der Waals surface area contributed by atoms with Crippen LogP contribution in [0.2, 0.25) is 0 Å². The third-order valence-electron chi connectivity index (χ3n) is 4.58. The van der Waals surface area contributed by atoms with Gasteiger partial charge in [0.15, 0.2) is 0 Å². The summed E-state index contributed by atoms with van der Waals surface area (Å²) in [4.78, 5) is 0. The molecule has 0 aromatic rings. The molecule has 0 aliphatic heterocycles. The first kappa shape index (κ1) is 19.4. The van der Waals surface area contributed by atoms with Gasteiger partial charge in [0.25, 0.3) is 10.1 Å². The number of rotatable bonds is 12. The van der Waals surface area contributed by atoms with Crippen LogP contribution in [0.4, 0.5) is 0 Å². The van der Waals surface area contributed by atoms with Crippen LogP contribution in [0.3, 0.4) is 0 Å². The Kier molecular flexibility index (Phi) is 9.03. The zero-order valence-electron chi connectivity index (χ0n) is 14.0. The molecule has 1 rings (SSSR count). The first-order valence-corrected chi connectivity index (χ1v) is 10.3. The van der Waals surface area contributed by atoms with Crippen molar-refractivity contribution in [2.24, 2.45) is 0 Å². The van der Waals surface area contributed by atoms with Gasteiger partial charge in [0.1, 0.15) is 4.75 Å². The van der Waals surface area contributed by atoms with E-state index in [4.69, 9.17) is 0 Å². The molecule has 1 aliphatic rings. The van der Waals surface area contributed by atoms with Gasteiger partial charge in [-0.3, -0.25) is 4.55 Å². The summed E-state index contributed by atoms with van der Waals surface area (Å²) < 4.78 is 31.8. The van der Waals surface area contributed by atoms with E-state index in [0.29, 0.717) is 12.8 Å². The Hall–Kier alpha value is -0.610. The van der Waals surface area contributed by atoms with Crippen molar-refractivity contribution in [2.75, 3.05) is 0 Å². The fourth-order valence-corrected chi connectivity index (χ4v) is 4.02. The molecule has 1 aliphatic carbocycles. The molecule has 0 saturated carbocycles. The Morgan fingerprint density at radius 3 is 1.91 bits per heavy atom. The van der Waals surface area contributed by atoms with Gasteiger partial charge >= 0.3 is 0 Å². The Balaban J connectivity index is 2.15. The van der Waals surface area contributed by atoms with Crippen LogP contribution in [0.5, 0.6) is 0 Å². The maximum Gasteiger partial charge on any atom is 0.274 e. The van der Waals surface area contributed by atoms with Crippen LogP contribution in [0.15, 0.2) is 24.3 Å². The van der Waals surface area contributed by atoms with Crippen LogP contribution in [0.1, 0.15) is 84.0 Å². The SMILES string of the molecule is CCCCCCCCCCCCC1(S(=O)(=O)O)C=CC=CC1. The summed E-state index contributed by atoms with van der Waals surface area (Å²) in [6.45, 7) is 2.23. The summed E-state index contributed by atoms with van der Waals surface area (Å²) in [5, 5.41) is 0. The van der Waals surface area contributed by atoms with E-state index in [1.165, 1.54) is 44.9 Å². The van der Waals surface area contributed by atoms with E-state index in [1.807, 2.05) is 12.2 Å². The molecular weight excluding hydrogens is 296 g/mol. The molecule has 0 aromatic heterocycles. The van der Waals surface area contributed by atoms with Gasteiger partial charge in [-0.25, -0.2) is 0 Å². The minimum absolute atomic E-state index is 0.389. The monoisotopic (exact) mass is 328 g/mol. The topological polar surface area (TPSA) is 54.4 Å². The summed E-state index contributed by atoms with van der Waals surface area (Å²) in [5.74, 6) is 0. The van der Waals surface area contributed by atoms with Gasteiger partial charge in [-0.2, -0.15) is 8.42 Å². The average molecular weight is 329 g/mol. The van der Waals surface area contributed by atoms with Crippen LogP contribution in [-0.2, 0) is 10.1 Å². The van der Waals surface area contributed by atoms with E-state index in [0.717, 1.165) is 19.3 Å². The van der Waals surface area contributed by atoms with E-state index in [1.54, 1.807) is 12.2 Å². The van der Waals surface area contributed by atoms with Gasteiger partial charge < -0.3 is 0 Å². The van der Waals surface area contributed by atoms with Gasteiger partial charge in [0, 0.05) is 0 Å². The molecule has 0 fully saturated rings. The maximum absolute atomic E-state index is 11.7. The number of unbranched alkanes of at least 4 members (excludes halogenated alkanes) is 9. The van der Waals surface area contributed by atoms with Crippen LogP contribution in [-0.4, -0.2) is 17.7 Å². The van der Waals surface area contributed by atoms with Gasteiger partial charge in [-0.05, 0) is 12.8 Å². The Labute approximate surface area is 136 Å². The van der Waals surface area contributed by atoms with Crippen molar-refractivity contribution in [3.05, 3.63) is 24.3 Å². The predicted octanol–water partition coefficient (Wildman–Crippen LogP) is 5.44. The largest absolute Gasteiger partial charge is 0.285 e. The highest BCUT2D eigenvalue weighted by atomic mass is 32.2. The second-order valence-corrected chi connectivity index (χ2v) is 8.23. The van der Waals surface area contributed by atoms with Crippen LogP contribution < -0.4 is 0 Å². The van der Waals surface area contributed by atoms with Crippen LogP contribution >= 0.6 is 0 Å². The molecule has 0 radical (unpaired) electrons. The zero-order valence-corrected chi connectivity index (χ0v) is 14.8. The van der Waals surface area contributed by atoms with Crippen LogP contribution in [0.25, 0.3) is 0 Å². The smallest absolute Gasteiger partial charge is 0.274 e. The van der Waals surface area contributed by atoms with E-state index < -0.39 is 14.9 Å². The van der Waals surface area contributed by atoms with E-state index in [-0.39, 0.29) is 0 Å². The van der Waals surface area contributed by atoms with Crippen molar-refractivity contribution in [1.29, 1.82) is 0 Å². The van der Waals surface area contributed by atoms with E-state index in [2.05, 4.69) is 6.92 Å². The lowest BCUT2D eigenvalue weighted by atomic mass is 9.93. The molecular formula is C18H32O3S. The average Bonchev–Trinajstić information content (AvgIpc) is 2.49. The van der Waals surface area contributed by atoms with Crippen molar-refractivity contribution in [2.45, 2.75) is 88.7 Å². The second-order valence-electron chi connectivity index (χ2n) is 6.46. The molecule has 0 spiro atoms. The third-order valence-corrected chi connectivity index (χ3v) is 6.11. The minimum atomic E-state index is -4.04. The minimum Gasteiger partial charge on any atom is -0.285 e. The highest BCUT2D eigenvalue weighted by Gasteiger charge is 2.39. The summed E-state index contributed by atoms with van der Waals surface area (Å²) in [5.41, 5.74) is 0. The first-order chi connectivity index (χ1) is 10.5. The summed E-state index contributed by atoms with van der Waals surface area (Å²) in [7, 11) is -4.04. The molecule has 0 bridgehead atoms. The third kappa shape index (κ3) is 6.66. The Morgan fingerprint density at radius 2 is 1.45 bits per heavy atom. The molecule has 128 valence electrons. The van der Waals surface area contributed by atoms with Crippen molar-refractivity contribution in [3.8, 4) is 0 Å². The maximum atomic E-state index is 11.7. The quantitative estimate of drug-likeness (QED) is 0.383. The van der Waals surface area contributed by atoms with Gasteiger partial charge in [0.05, 0.1) is 0 Å². The number of hydrogen-bond acceptors (Lipinski definition) is 2. The molecule has 0 aromatic carbocycles. The van der Waals surface area contributed by atoms with E-state index >= 15 is 0 Å². The fraction of sp³-hybridized carbons (Fsp3) is 0.778. The predicted molar refractivity (Wildman–Crippen MR) is 93.6 cm³/mol. The molecule has 0 amide bonds. The standard InChI is InChI=1S/C18H32O3S/c1-2-3-4-5-6-7-8-9-10-12-15-18(22(19,20)21)16-13-11-14-17-18/h11,13-14,16H,2-10,12,15,17H2,1H3,(H,19,20,21). The van der Waals surface area contributed by atoms with Gasteiger partial charge in [-0.1, -0.05) is 95.4 Å². The molecule has 1 unspecified atom stereocenters. The Morgan fingerprint density at radius 1 is 0.909 bits per heavy atom. The Bertz CT molecular complexity index is 451. The molecule has 1 N–H and O–H groups in total. The van der Waals surface area contributed by atoms with Crippen molar-refractivity contribution in [3.63, 3.8) is 0 Å². The van der Waals surface area contributed by atoms with Crippen molar-refractivity contribution < 1.29 is 13.0 Å². The summed E-state index contributed by atoms with van der Waals surface area (Å²) in [6, 6.07) is 0. The number of allylic oxidation sites excluding steroid dienone is 3. The summed E-state index contributed by atoms with van der Waals surface area (Å²) >= 11 is 0. The second kappa shape index (κ2) is 10.2. The van der Waals surface area contributed by atoms with Crippen molar-refractivity contribution >= 4 is 10.1 Å². The fourth-order valence-electron chi connectivity index (χ4n) is 3.06. The highest BCUT2D eigenvalue weighted by Crippen LogP contribution is 2.32. The summed E-state index contributed by atoms with van der Waals surface area (Å²) in [6.07, 6.45) is 20.2. The van der Waals surface area contributed by atoms with Crippen molar-refractivity contribution in [1.82, 2.24) is 0 Å². The lowest BCUT2D eigenvalue weighted by Gasteiger charge is -2.27. The highest BCUT2D eigenvalue weighted by molar-refractivity contribution is 7.87. The van der Waals surface area contributed by atoms with Gasteiger partial charge in [-0.15, -0.1) is 0 Å². The van der Waals surface area contributed by atoms with E-state index in [9.17, 15) is 13.0 Å². The normalized spacial score (nSPS) is 21.4. The number of hydrogen-bond donors (Lipinski definition) is 1. The molecule has 1 atom stereocenters. The molecule has 22 heavy (non-hydrogen) atoms. The molecule has 0 saturated heterocycles. The van der Waals surface area contributed by atoms with Gasteiger partial charge in [0.2, 0.25) is 0 Å². The molecule has 3 nitrogen and oxygen atoms in total. The van der Waals surface area contributed by atoms with Crippen LogP contribution in [0, 0.1) is 0 Å². The zero-order chi connectivity index (χ0) is 16.3. The molecule has 4 heteroatoms.